The Hall–Kier alpha value is -2.34. The van der Waals surface area contributed by atoms with E-state index in [1.807, 2.05) is 32.2 Å². The third-order valence-electron chi connectivity index (χ3n) is 3.09. The Labute approximate surface area is 122 Å². The van der Waals surface area contributed by atoms with Crippen molar-refractivity contribution in [1.82, 2.24) is 4.98 Å². The molecule has 1 amide bonds. The molecule has 0 aliphatic rings. The number of amides is 1. The molecule has 2 rings (SSSR count). The third-order valence-corrected chi connectivity index (χ3v) is 3.09. The third kappa shape index (κ3) is 3.22. The summed E-state index contributed by atoms with van der Waals surface area (Å²) in [6, 6.07) is 5.76. The number of benzene rings is 1. The van der Waals surface area contributed by atoms with Crippen LogP contribution in [-0.2, 0) is 9.53 Å². The lowest BCUT2D eigenvalue weighted by atomic mass is 10.1. The highest BCUT2D eigenvalue weighted by Crippen LogP contribution is 2.29. The molecular formula is C15H20N3O3+. The number of esters is 1. The van der Waals surface area contributed by atoms with Gasteiger partial charge in [0.05, 0.1) is 19.3 Å². The normalized spacial score (nSPS) is 10.6. The second-order valence-electron chi connectivity index (χ2n) is 4.81. The van der Waals surface area contributed by atoms with E-state index in [1.54, 1.807) is 12.2 Å². The summed E-state index contributed by atoms with van der Waals surface area (Å²) >= 11 is 0. The maximum atomic E-state index is 12.0. The molecular weight excluding hydrogens is 270 g/mol. The van der Waals surface area contributed by atoms with E-state index in [9.17, 15) is 9.59 Å². The van der Waals surface area contributed by atoms with Gasteiger partial charge < -0.3 is 20.4 Å². The molecule has 1 aromatic heterocycles. The first-order valence-electron chi connectivity index (χ1n) is 6.94. The summed E-state index contributed by atoms with van der Waals surface area (Å²) in [5.41, 5.74) is 2.61. The van der Waals surface area contributed by atoms with Crippen molar-refractivity contribution in [2.24, 2.45) is 0 Å². The molecule has 0 radical (unpaired) electrons. The van der Waals surface area contributed by atoms with Crippen molar-refractivity contribution in [3.05, 3.63) is 29.5 Å². The van der Waals surface area contributed by atoms with E-state index in [4.69, 9.17) is 4.74 Å². The van der Waals surface area contributed by atoms with Crippen LogP contribution in [0.5, 0.6) is 0 Å². The molecule has 0 saturated carbocycles. The molecule has 0 saturated heterocycles. The van der Waals surface area contributed by atoms with Crippen LogP contribution in [0.4, 0.5) is 5.69 Å². The van der Waals surface area contributed by atoms with E-state index in [0.29, 0.717) is 12.2 Å². The zero-order valence-electron chi connectivity index (χ0n) is 12.4. The van der Waals surface area contributed by atoms with Gasteiger partial charge in [0.15, 0.2) is 6.54 Å². The van der Waals surface area contributed by atoms with Crippen LogP contribution >= 0.6 is 0 Å². The van der Waals surface area contributed by atoms with Gasteiger partial charge in [-0.15, -0.1) is 0 Å². The van der Waals surface area contributed by atoms with Crippen LogP contribution in [0.15, 0.2) is 18.2 Å². The van der Waals surface area contributed by atoms with E-state index >= 15 is 0 Å². The summed E-state index contributed by atoms with van der Waals surface area (Å²) in [4.78, 5) is 26.9. The number of ether oxygens (including phenoxy) is 1. The molecule has 6 nitrogen and oxygen atoms in total. The highest BCUT2D eigenvalue weighted by molar-refractivity contribution is 6.11. The smallest absolute Gasteiger partial charge is 0.356 e. The first-order chi connectivity index (χ1) is 10.1. The fourth-order valence-corrected chi connectivity index (χ4v) is 2.17. The van der Waals surface area contributed by atoms with Gasteiger partial charge in [-0.05, 0) is 26.0 Å². The molecule has 2 aromatic rings. The number of carbonyl (C=O) groups is 2. The molecule has 21 heavy (non-hydrogen) atoms. The fraction of sp³-hybridized carbons (Fsp3) is 0.333. The number of anilines is 1. The molecule has 0 bridgehead atoms. The Balaban J connectivity index is 2.50. The number of fused-ring (bicyclic) bond motifs is 1. The number of H-pyrrole nitrogens is 1. The minimum atomic E-state index is -0.470. The van der Waals surface area contributed by atoms with E-state index in [0.717, 1.165) is 16.5 Å². The number of nitrogens with two attached hydrogens (primary N) is 1. The minimum absolute atomic E-state index is 0.162. The van der Waals surface area contributed by atoms with Gasteiger partial charge in [0.25, 0.3) is 5.91 Å². The van der Waals surface area contributed by atoms with Crippen molar-refractivity contribution in [2.75, 3.05) is 25.5 Å². The Morgan fingerprint density at radius 1 is 1.38 bits per heavy atom. The standard InChI is InChI=1S/C15H19N3O3/c1-4-21-15(20)14-13(18-12(19)8-16-3)10-7-9(2)5-6-11(10)17-14/h5-7,16-17H,4,8H2,1-3H3,(H,18,19)/p+1. The number of hydrogen-bond donors (Lipinski definition) is 3. The maximum Gasteiger partial charge on any atom is 0.356 e. The molecule has 1 heterocycles. The van der Waals surface area contributed by atoms with Crippen LogP contribution in [0.25, 0.3) is 10.9 Å². The van der Waals surface area contributed by atoms with Gasteiger partial charge in [-0.3, -0.25) is 4.79 Å². The van der Waals surface area contributed by atoms with E-state index in [-0.39, 0.29) is 18.2 Å². The van der Waals surface area contributed by atoms with Gasteiger partial charge in [-0.2, -0.15) is 0 Å². The Morgan fingerprint density at radius 2 is 2.14 bits per heavy atom. The number of rotatable bonds is 5. The lowest BCUT2D eigenvalue weighted by molar-refractivity contribution is -0.615. The van der Waals surface area contributed by atoms with Gasteiger partial charge in [0, 0.05) is 10.9 Å². The number of aromatic amines is 1. The van der Waals surface area contributed by atoms with E-state index in [1.165, 1.54) is 0 Å². The Kier molecular flexibility index (Phi) is 4.59. The summed E-state index contributed by atoms with van der Waals surface area (Å²) in [6.07, 6.45) is 0. The second kappa shape index (κ2) is 6.41. The Morgan fingerprint density at radius 3 is 2.81 bits per heavy atom. The van der Waals surface area contributed by atoms with Crippen LogP contribution < -0.4 is 10.6 Å². The summed E-state index contributed by atoms with van der Waals surface area (Å²) < 4.78 is 5.04. The molecule has 0 fully saturated rings. The topological polar surface area (TPSA) is 87.8 Å². The van der Waals surface area contributed by atoms with Crippen LogP contribution in [0.1, 0.15) is 23.0 Å². The van der Waals surface area contributed by atoms with Gasteiger partial charge >= 0.3 is 5.97 Å². The largest absolute Gasteiger partial charge is 0.461 e. The number of nitrogens with one attached hydrogen (secondary N) is 2. The maximum absolute atomic E-state index is 12.0. The van der Waals surface area contributed by atoms with Crippen molar-refractivity contribution >= 4 is 28.5 Å². The highest BCUT2D eigenvalue weighted by atomic mass is 16.5. The van der Waals surface area contributed by atoms with E-state index < -0.39 is 5.97 Å². The molecule has 112 valence electrons. The number of aromatic nitrogens is 1. The summed E-state index contributed by atoms with van der Waals surface area (Å²) in [5, 5.41) is 5.37. The van der Waals surface area contributed by atoms with Crippen molar-refractivity contribution in [3.63, 3.8) is 0 Å². The second-order valence-corrected chi connectivity index (χ2v) is 4.81. The number of likely N-dealkylation sites (N-methyl/N-ethyl adjacent to an activating group) is 1. The number of carbonyl (C=O) groups excluding carboxylic acids is 2. The predicted octanol–water partition coefficient (Wildman–Crippen LogP) is 0.785. The predicted molar refractivity (Wildman–Crippen MR) is 80.3 cm³/mol. The van der Waals surface area contributed by atoms with Crippen LogP contribution in [0.2, 0.25) is 0 Å². The number of aryl methyl sites for hydroxylation is 1. The molecule has 0 aliphatic carbocycles. The quantitative estimate of drug-likeness (QED) is 0.711. The highest BCUT2D eigenvalue weighted by Gasteiger charge is 2.20. The molecule has 0 spiro atoms. The summed E-state index contributed by atoms with van der Waals surface area (Å²) in [5.74, 6) is -0.632. The van der Waals surface area contributed by atoms with E-state index in [2.05, 4.69) is 10.3 Å². The molecule has 0 unspecified atom stereocenters. The van der Waals surface area contributed by atoms with Gasteiger partial charge in [0.1, 0.15) is 5.69 Å². The number of quaternary nitrogens is 1. The molecule has 1 aromatic carbocycles. The van der Waals surface area contributed by atoms with Crippen molar-refractivity contribution in [3.8, 4) is 0 Å². The molecule has 4 N–H and O–H groups in total. The van der Waals surface area contributed by atoms with Crippen molar-refractivity contribution < 1.29 is 19.6 Å². The summed E-state index contributed by atoms with van der Waals surface area (Å²) in [6.45, 7) is 4.28. The fourth-order valence-electron chi connectivity index (χ4n) is 2.17. The lowest BCUT2D eigenvalue weighted by Gasteiger charge is -2.06. The van der Waals surface area contributed by atoms with Crippen LogP contribution in [-0.4, -0.2) is 37.1 Å². The molecule has 6 heteroatoms. The molecule has 0 atom stereocenters. The van der Waals surface area contributed by atoms with Crippen molar-refractivity contribution in [1.29, 1.82) is 0 Å². The zero-order valence-corrected chi connectivity index (χ0v) is 12.4. The monoisotopic (exact) mass is 290 g/mol. The average Bonchev–Trinajstić information content (AvgIpc) is 2.78. The van der Waals surface area contributed by atoms with Gasteiger partial charge in [-0.1, -0.05) is 11.6 Å². The SMILES string of the molecule is CCOC(=O)c1[nH]c2ccc(C)cc2c1NC(=O)C[NH2+]C. The first kappa shape index (κ1) is 15.1. The van der Waals surface area contributed by atoms with Crippen LogP contribution in [0, 0.1) is 6.92 Å². The first-order valence-corrected chi connectivity index (χ1v) is 6.94. The molecule has 0 aliphatic heterocycles. The Bertz CT molecular complexity index is 676. The zero-order chi connectivity index (χ0) is 15.4. The average molecular weight is 290 g/mol. The van der Waals surface area contributed by atoms with Gasteiger partial charge in [0.2, 0.25) is 0 Å². The van der Waals surface area contributed by atoms with Crippen molar-refractivity contribution in [2.45, 2.75) is 13.8 Å². The lowest BCUT2D eigenvalue weighted by Crippen LogP contribution is -2.82. The minimum Gasteiger partial charge on any atom is -0.461 e. The summed E-state index contributed by atoms with van der Waals surface area (Å²) in [7, 11) is 1.81. The van der Waals surface area contributed by atoms with Crippen LogP contribution in [0.3, 0.4) is 0 Å². The van der Waals surface area contributed by atoms with Gasteiger partial charge in [-0.25, -0.2) is 4.79 Å². The number of hydrogen-bond acceptors (Lipinski definition) is 3.